The van der Waals surface area contributed by atoms with Crippen molar-refractivity contribution >= 4 is 17.3 Å². The number of benzene rings is 1. The van der Waals surface area contributed by atoms with E-state index < -0.39 is 0 Å². The standard InChI is InChI=1S/C20H22N2O3S/c1-13(23)24-11-14-9-17(26-12-14)10-18-21-22-19(25-18)15-5-7-16(8-6-15)20(2,3)4/h5-9,12H,10-11H2,1-4H3. The molecule has 0 aliphatic heterocycles. The first kappa shape index (κ1) is 18.3. The summed E-state index contributed by atoms with van der Waals surface area (Å²) < 4.78 is 10.8. The molecule has 2 aromatic heterocycles. The topological polar surface area (TPSA) is 65.2 Å². The van der Waals surface area contributed by atoms with Gasteiger partial charge in [0.2, 0.25) is 11.8 Å². The molecule has 0 spiro atoms. The largest absolute Gasteiger partial charge is 0.461 e. The Morgan fingerprint density at radius 2 is 1.92 bits per heavy atom. The Kier molecular flexibility index (Phi) is 5.23. The van der Waals surface area contributed by atoms with E-state index in [4.69, 9.17) is 9.15 Å². The molecular weight excluding hydrogens is 348 g/mol. The minimum atomic E-state index is -0.281. The number of nitrogens with zero attached hydrogens (tertiary/aromatic N) is 2. The van der Waals surface area contributed by atoms with Crippen molar-refractivity contribution in [2.24, 2.45) is 0 Å². The summed E-state index contributed by atoms with van der Waals surface area (Å²) in [6.07, 6.45) is 0.567. The molecule has 3 aromatic rings. The van der Waals surface area contributed by atoms with Crippen molar-refractivity contribution in [3.05, 3.63) is 57.6 Å². The third-order valence-corrected chi connectivity index (χ3v) is 4.93. The summed E-state index contributed by atoms with van der Waals surface area (Å²) in [5.41, 5.74) is 3.26. The molecule has 0 atom stereocenters. The molecule has 0 radical (unpaired) electrons. The van der Waals surface area contributed by atoms with Crippen LogP contribution in [0, 0.1) is 0 Å². The van der Waals surface area contributed by atoms with Crippen molar-refractivity contribution in [1.82, 2.24) is 10.2 Å². The van der Waals surface area contributed by atoms with Crippen LogP contribution in [-0.2, 0) is 28.0 Å². The first-order valence-electron chi connectivity index (χ1n) is 8.44. The van der Waals surface area contributed by atoms with Crippen molar-refractivity contribution in [2.75, 3.05) is 0 Å². The van der Waals surface area contributed by atoms with Gasteiger partial charge in [-0.15, -0.1) is 21.5 Å². The molecule has 2 heterocycles. The van der Waals surface area contributed by atoms with Crippen LogP contribution in [0.15, 0.2) is 40.1 Å². The van der Waals surface area contributed by atoms with E-state index >= 15 is 0 Å². The predicted molar refractivity (Wildman–Crippen MR) is 101 cm³/mol. The minimum Gasteiger partial charge on any atom is -0.461 e. The van der Waals surface area contributed by atoms with E-state index in [0.29, 0.717) is 24.8 Å². The van der Waals surface area contributed by atoms with Gasteiger partial charge >= 0.3 is 5.97 Å². The van der Waals surface area contributed by atoms with Crippen LogP contribution in [0.25, 0.3) is 11.5 Å². The highest BCUT2D eigenvalue weighted by atomic mass is 32.1. The molecule has 0 amide bonds. The van der Waals surface area contributed by atoms with Crippen molar-refractivity contribution in [3.63, 3.8) is 0 Å². The van der Waals surface area contributed by atoms with Gasteiger partial charge in [-0.05, 0) is 34.6 Å². The van der Waals surface area contributed by atoms with Gasteiger partial charge in [-0.2, -0.15) is 0 Å². The molecule has 0 aliphatic rings. The lowest BCUT2D eigenvalue weighted by atomic mass is 9.87. The summed E-state index contributed by atoms with van der Waals surface area (Å²) >= 11 is 1.59. The van der Waals surface area contributed by atoms with E-state index in [-0.39, 0.29) is 11.4 Å². The molecular formula is C20H22N2O3S. The smallest absolute Gasteiger partial charge is 0.302 e. The van der Waals surface area contributed by atoms with Gasteiger partial charge in [0.15, 0.2) is 0 Å². The third kappa shape index (κ3) is 4.58. The SMILES string of the molecule is CC(=O)OCc1csc(Cc2nnc(-c3ccc(C(C)(C)C)cc3)o2)c1. The van der Waals surface area contributed by atoms with E-state index in [1.807, 2.05) is 23.6 Å². The third-order valence-electron chi connectivity index (χ3n) is 3.94. The van der Waals surface area contributed by atoms with Crippen LogP contribution in [-0.4, -0.2) is 16.2 Å². The molecule has 0 bridgehead atoms. The molecule has 0 saturated heterocycles. The molecule has 5 nitrogen and oxygen atoms in total. The molecule has 136 valence electrons. The van der Waals surface area contributed by atoms with E-state index in [2.05, 4.69) is 43.1 Å². The number of hydrogen-bond donors (Lipinski definition) is 0. The lowest BCUT2D eigenvalue weighted by molar-refractivity contribution is -0.142. The first-order chi connectivity index (χ1) is 12.3. The van der Waals surface area contributed by atoms with Crippen LogP contribution in [0.5, 0.6) is 0 Å². The fraction of sp³-hybridized carbons (Fsp3) is 0.350. The van der Waals surface area contributed by atoms with Crippen molar-refractivity contribution in [2.45, 2.75) is 46.1 Å². The maximum Gasteiger partial charge on any atom is 0.302 e. The van der Waals surface area contributed by atoms with Crippen molar-refractivity contribution in [1.29, 1.82) is 0 Å². The maximum absolute atomic E-state index is 10.9. The fourth-order valence-electron chi connectivity index (χ4n) is 2.48. The van der Waals surface area contributed by atoms with Crippen LogP contribution in [0.4, 0.5) is 0 Å². The summed E-state index contributed by atoms with van der Waals surface area (Å²) in [5.74, 6) is 0.815. The van der Waals surface area contributed by atoms with Crippen LogP contribution < -0.4 is 0 Å². The Morgan fingerprint density at radius 1 is 1.19 bits per heavy atom. The molecule has 0 unspecified atom stereocenters. The molecule has 3 rings (SSSR count). The summed E-state index contributed by atoms with van der Waals surface area (Å²) in [5, 5.41) is 10.3. The van der Waals surface area contributed by atoms with Crippen LogP contribution >= 0.6 is 11.3 Å². The van der Waals surface area contributed by atoms with Crippen molar-refractivity contribution in [3.8, 4) is 11.5 Å². The Balaban J connectivity index is 1.67. The van der Waals surface area contributed by atoms with Gasteiger partial charge in [0.1, 0.15) is 6.61 Å². The van der Waals surface area contributed by atoms with E-state index in [9.17, 15) is 4.79 Å². The van der Waals surface area contributed by atoms with Gasteiger partial charge in [-0.1, -0.05) is 32.9 Å². The maximum atomic E-state index is 10.9. The zero-order valence-electron chi connectivity index (χ0n) is 15.4. The van der Waals surface area contributed by atoms with E-state index in [0.717, 1.165) is 16.0 Å². The quantitative estimate of drug-likeness (QED) is 0.606. The monoisotopic (exact) mass is 370 g/mol. The van der Waals surface area contributed by atoms with Gasteiger partial charge < -0.3 is 9.15 Å². The average molecular weight is 370 g/mol. The highest BCUT2D eigenvalue weighted by Gasteiger charge is 2.15. The Hall–Kier alpha value is -2.47. The summed E-state index contributed by atoms with van der Waals surface area (Å²) in [4.78, 5) is 12.0. The summed E-state index contributed by atoms with van der Waals surface area (Å²) in [7, 11) is 0. The average Bonchev–Trinajstić information content (AvgIpc) is 3.22. The number of aromatic nitrogens is 2. The number of esters is 1. The minimum absolute atomic E-state index is 0.113. The molecule has 26 heavy (non-hydrogen) atoms. The second-order valence-electron chi connectivity index (χ2n) is 7.21. The molecule has 0 fully saturated rings. The first-order valence-corrected chi connectivity index (χ1v) is 9.32. The predicted octanol–water partition coefficient (Wildman–Crippen LogP) is 4.75. The van der Waals surface area contributed by atoms with Gasteiger partial charge in [0, 0.05) is 22.9 Å². The normalized spacial score (nSPS) is 11.5. The molecule has 1 aromatic carbocycles. The van der Waals surface area contributed by atoms with Gasteiger partial charge in [-0.25, -0.2) is 0 Å². The number of rotatable bonds is 5. The van der Waals surface area contributed by atoms with E-state index in [1.165, 1.54) is 12.5 Å². The number of ether oxygens (including phenoxy) is 1. The molecule has 6 heteroatoms. The summed E-state index contributed by atoms with van der Waals surface area (Å²) in [6, 6.07) is 10.2. The van der Waals surface area contributed by atoms with Gasteiger partial charge in [0.05, 0.1) is 6.42 Å². The second kappa shape index (κ2) is 7.41. The lowest BCUT2D eigenvalue weighted by Gasteiger charge is -2.18. The number of carbonyl (C=O) groups is 1. The molecule has 0 saturated carbocycles. The number of hydrogen-bond acceptors (Lipinski definition) is 6. The Morgan fingerprint density at radius 3 is 2.58 bits per heavy atom. The van der Waals surface area contributed by atoms with Gasteiger partial charge in [0.25, 0.3) is 0 Å². The fourth-order valence-corrected chi connectivity index (χ4v) is 3.35. The lowest BCUT2D eigenvalue weighted by Crippen LogP contribution is -2.10. The van der Waals surface area contributed by atoms with Crippen LogP contribution in [0.1, 0.15) is 49.6 Å². The van der Waals surface area contributed by atoms with Crippen LogP contribution in [0.3, 0.4) is 0 Å². The zero-order valence-corrected chi connectivity index (χ0v) is 16.2. The van der Waals surface area contributed by atoms with E-state index in [1.54, 1.807) is 11.3 Å². The second-order valence-corrected chi connectivity index (χ2v) is 8.20. The Bertz CT molecular complexity index is 888. The zero-order chi connectivity index (χ0) is 18.7. The summed E-state index contributed by atoms with van der Waals surface area (Å²) in [6.45, 7) is 8.25. The number of carbonyl (C=O) groups excluding carboxylic acids is 1. The molecule has 0 aliphatic carbocycles. The highest BCUT2D eigenvalue weighted by molar-refractivity contribution is 7.10. The molecule has 0 N–H and O–H groups in total. The van der Waals surface area contributed by atoms with Gasteiger partial charge in [-0.3, -0.25) is 4.79 Å². The highest BCUT2D eigenvalue weighted by Crippen LogP contribution is 2.26. The Labute approximate surface area is 157 Å². The number of thiophene rings is 1. The van der Waals surface area contributed by atoms with Crippen LogP contribution in [0.2, 0.25) is 0 Å². The van der Waals surface area contributed by atoms with Crippen molar-refractivity contribution < 1.29 is 13.9 Å².